The molecule has 0 atom stereocenters. The summed E-state index contributed by atoms with van der Waals surface area (Å²) in [5.74, 6) is -0.0782. The fourth-order valence-corrected chi connectivity index (χ4v) is 1.95. The van der Waals surface area contributed by atoms with E-state index in [9.17, 15) is 9.59 Å². The molecule has 0 unspecified atom stereocenters. The second kappa shape index (κ2) is 5.53. The van der Waals surface area contributed by atoms with Crippen LogP contribution in [0.4, 0.5) is 0 Å². The largest absolute Gasteiger partial charge is 0.342 e. The quantitative estimate of drug-likeness (QED) is 0.770. The molecule has 1 aromatic carbocycles. The molecule has 0 N–H and O–H groups in total. The van der Waals surface area contributed by atoms with E-state index in [-0.39, 0.29) is 24.8 Å². The van der Waals surface area contributed by atoms with Gasteiger partial charge in [0.15, 0.2) is 0 Å². The zero-order chi connectivity index (χ0) is 13.8. The maximum atomic E-state index is 12.1. The summed E-state index contributed by atoms with van der Waals surface area (Å²) in [6, 6.07) is 8.96. The van der Waals surface area contributed by atoms with E-state index >= 15 is 0 Å². The fraction of sp³-hybridized carbons (Fsp3) is 0.357. The van der Waals surface area contributed by atoms with Crippen molar-refractivity contribution in [3.8, 4) is 6.07 Å². The molecule has 5 heteroatoms. The van der Waals surface area contributed by atoms with E-state index in [1.54, 1.807) is 41.1 Å². The summed E-state index contributed by atoms with van der Waals surface area (Å²) >= 11 is 0. The van der Waals surface area contributed by atoms with Gasteiger partial charge in [-0.3, -0.25) is 9.59 Å². The van der Waals surface area contributed by atoms with Gasteiger partial charge in [-0.25, -0.2) is 0 Å². The number of nitriles is 1. The third-order valence-corrected chi connectivity index (χ3v) is 3.25. The first-order chi connectivity index (χ1) is 9.10. The Morgan fingerprint density at radius 2 is 2.00 bits per heavy atom. The maximum absolute atomic E-state index is 12.1. The Morgan fingerprint density at radius 1 is 1.32 bits per heavy atom. The number of hydrogen-bond donors (Lipinski definition) is 0. The van der Waals surface area contributed by atoms with Crippen molar-refractivity contribution in [1.29, 1.82) is 5.26 Å². The third-order valence-electron chi connectivity index (χ3n) is 3.25. The van der Waals surface area contributed by atoms with E-state index in [1.807, 2.05) is 6.07 Å². The molecule has 5 nitrogen and oxygen atoms in total. The highest BCUT2D eigenvalue weighted by Gasteiger charge is 2.24. The second-order valence-electron chi connectivity index (χ2n) is 4.62. The summed E-state index contributed by atoms with van der Waals surface area (Å²) in [5.41, 5.74) is 1.43. The average molecular weight is 257 g/mol. The van der Waals surface area contributed by atoms with Gasteiger partial charge in [-0.15, -0.1) is 0 Å². The lowest BCUT2D eigenvalue weighted by atomic mass is 10.1. The number of carbonyl (C=O) groups is 2. The predicted octanol–water partition coefficient (Wildman–Crippen LogP) is 0.401. The van der Waals surface area contributed by atoms with Crippen LogP contribution in [0.1, 0.15) is 11.1 Å². The molecule has 1 saturated heterocycles. The van der Waals surface area contributed by atoms with E-state index < -0.39 is 0 Å². The summed E-state index contributed by atoms with van der Waals surface area (Å²) in [4.78, 5) is 26.8. The number of nitrogens with zero attached hydrogens (tertiary/aromatic N) is 3. The Bertz CT molecular complexity index is 531. The summed E-state index contributed by atoms with van der Waals surface area (Å²) in [7, 11) is 1.74. The Kier molecular flexibility index (Phi) is 3.81. The van der Waals surface area contributed by atoms with Crippen molar-refractivity contribution in [3.63, 3.8) is 0 Å². The van der Waals surface area contributed by atoms with Gasteiger partial charge in [0.05, 0.1) is 24.6 Å². The van der Waals surface area contributed by atoms with Crippen molar-refractivity contribution in [2.75, 3.05) is 26.7 Å². The van der Waals surface area contributed by atoms with Crippen molar-refractivity contribution >= 4 is 11.8 Å². The molecule has 0 bridgehead atoms. The highest BCUT2D eigenvalue weighted by Crippen LogP contribution is 2.08. The molecule has 2 rings (SSSR count). The van der Waals surface area contributed by atoms with Gasteiger partial charge in [0.2, 0.25) is 11.8 Å². The van der Waals surface area contributed by atoms with Crippen LogP contribution in [-0.4, -0.2) is 48.3 Å². The number of carbonyl (C=O) groups excluding carboxylic acids is 2. The number of amides is 2. The molecule has 0 radical (unpaired) electrons. The minimum atomic E-state index is -0.0499. The molecule has 1 aromatic rings. The van der Waals surface area contributed by atoms with Gasteiger partial charge in [0.1, 0.15) is 0 Å². The summed E-state index contributed by atoms with van der Waals surface area (Å²) in [6.45, 7) is 1.32. The van der Waals surface area contributed by atoms with Crippen LogP contribution in [0.3, 0.4) is 0 Å². The van der Waals surface area contributed by atoms with Crippen LogP contribution in [0.15, 0.2) is 24.3 Å². The average Bonchev–Trinajstić information content (AvgIpc) is 2.42. The van der Waals surface area contributed by atoms with Crippen LogP contribution in [0.2, 0.25) is 0 Å². The van der Waals surface area contributed by atoms with Crippen molar-refractivity contribution in [2.45, 2.75) is 6.42 Å². The van der Waals surface area contributed by atoms with Gasteiger partial charge < -0.3 is 9.80 Å². The Balaban J connectivity index is 1.97. The van der Waals surface area contributed by atoms with Crippen molar-refractivity contribution in [1.82, 2.24) is 9.80 Å². The van der Waals surface area contributed by atoms with Crippen LogP contribution in [0, 0.1) is 11.3 Å². The van der Waals surface area contributed by atoms with E-state index in [0.29, 0.717) is 18.7 Å². The van der Waals surface area contributed by atoms with E-state index in [4.69, 9.17) is 5.26 Å². The van der Waals surface area contributed by atoms with Crippen LogP contribution in [0.5, 0.6) is 0 Å². The van der Waals surface area contributed by atoms with E-state index in [1.165, 1.54) is 0 Å². The first-order valence-electron chi connectivity index (χ1n) is 6.11. The molecule has 0 aliphatic carbocycles. The van der Waals surface area contributed by atoms with Crippen LogP contribution >= 0.6 is 0 Å². The molecule has 1 aliphatic rings. The number of piperazine rings is 1. The minimum Gasteiger partial charge on any atom is -0.342 e. The van der Waals surface area contributed by atoms with Gasteiger partial charge >= 0.3 is 0 Å². The standard InChI is InChI=1S/C14H15N3O2/c1-16-6-7-17(10-14(16)19)13(18)8-11-2-4-12(9-15)5-3-11/h2-5H,6-8,10H2,1H3. The number of likely N-dealkylation sites (N-methyl/N-ethyl adjacent to an activating group) is 1. The molecule has 0 aromatic heterocycles. The van der Waals surface area contributed by atoms with Gasteiger partial charge in [0.25, 0.3) is 0 Å². The molecule has 0 saturated carbocycles. The first-order valence-corrected chi connectivity index (χ1v) is 6.11. The third kappa shape index (κ3) is 3.10. The SMILES string of the molecule is CN1CCN(C(=O)Cc2ccc(C#N)cc2)CC1=O. The van der Waals surface area contributed by atoms with E-state index in [2.05, 4.69) is 0 Å². The molecular weight excluding hydrogens is 242 g/mol. The lowest BCUT2D eigenvalue weighted by molar-refractivity contribution is -0.143. The molecule has 19 heavy (non-hydrogen) atoms. The van der Waals surface area contributed by atoms with Gasteiger partial charge in [-0.05, 0) is 17.7 Å². The zero-order valence-electron chi connectivity index (χ0n) is 10.8. The molecule has 1 fully saturated rings. The normalized spacial score (nSPS) is 15.3. The Hall–Kier alpha value is -2.35. The summed E-state index contributed by atoms with van der Waals surface area (Å²) in [6.07, 6.45) is 0.267. The fourth-order valence-electron chi connectivity index (χ4n) is 1.95. The first kappa shape index (κ1) is 13.1. The molecular formula is C14H15N3O2. The van der Waals surface area contributed by atoms with Crippen LogP contribution < -0.4 is 0 Å². The molecule has 1 aliphatic heterocycles. The number of rotatable bonds is 2. The predicted molar refractivity (Wildman–Crippen MR) is 69.1 cm³/mol. The van der Waals surface area contributed by atoms with Crippen molar-refractivity contribution < 1.29 is 9.59 Å². The molecule has 0 spiro atoms. The highest BCUT2D eigenvalue weighted by atomic mass is 16.2. The van der Waals surface area contributed by atoms with Crippen LogP contribution in [-0.2, 0) is 16.0 Å². The van der Waals surface area contributed by atoms with Crippen LogP contribution in [0.25, 0.3) is 0 Å². The lowest BCUT2D eigenvalue weighted by Crippen LogP contribution is -2.51. The Morgan fingerprint density at radius 3 is 2.58 bits per heavy atom. The monoisotopic (exact) mass is 257 g/mol. The van der Waals surface area contributed by atoms with Gasteiger partial charge in [-0.2, -0.15) is 5.26 Å². The van der Waals surface area contributed by atoms with Gasteiger partial charge in [-0.1, -0.05) is 12.1 Å². The Labute approximate surface area is 112 Å². The van der Waals surface area contributed by atoms with Gasteiger partial charge in [0, 0.05) is 20.1 Å². The minimum absolute atomic E-state index is 0.0283. The lowest BCUT2D eigenvalue weighted by Gasteiger charge is -2.32. The molecule has 1 heterocycles. The van der Waals surface area contributed by atoms with E-state index in [0.717, 1.165) is 5.56 Å². The summed E-state index contributed by atoms with van der Waals surface area (Å²) < 4.78 is 0. The molecule has 2 amide bonds. The van der Waals surface area contributed by atoms with Crippen molar-refractivity contribution in [2.24, 2.45) is 0 Å². The number of benzene rings is 1. The number of hydrogen-bond acceptors (Lipinski definition) is 3. The van der Waals surface area contributed by atoms with Crippen molar-refractivity contribution in [3.05, 3.63) is 35.4 Å². The zero-order valence-corrected chi connectivity index (χ0v) is 10.8. The second-order valence-corrected chi connectivity index (χ2v) is 4.62. The maximum Gasteiger partial charge on any atom is 0.241 e. The molecule has 98 valence electrons. The highest BCUT2D eigenvalue weighted by molar-refractivity contribution is 5.86. The summed E-state index contributed by atoms with van der Waals surface area (Å²) in [5, 5.41) is 8.70. The smallest absolute Gasteiger partial charge is 0.241 e. The topological polar surface area (TPSA) is 64.4 Å².